The maximum Gasteiger partial charge on any atom is 0.148 e. The van der Waals surface area contributed by atoms with Crippen molar-refractivity contribution in [1.29, 1.82) is 0 Å². The number of rotatable bonds is 2. The number of fused-ring (bicyclic) bond motifs is 2. The molecule has 3 heteroatoms. The highest BCUT2D eigenvalue weighted by Crippen LogP contribution is 2.37. The van der Waals surface area contributed by atoms with Crippen LogP contribution in [0.3, 0.4) is 0 Å². The molecule has 1 atom stereocenters. The van der Waals surface area contributed by atoms with Crippen molar-refractivity contribution in [3.8, 4) is 11.5 Å². The third-order valence-electron chi connectivity index (χ3n) is 3.32. The standard InChI is InChI=1S/C15H16N2O/c1-16-10-11-9-13-15(7-4-8-17-13)18-14-6-3-2-5-12(11)14/h2-8,11,16H,9-10H2,1H3/t11-/m0/s1. The summed E-state index contributed by atoms with van der Waals surface area (Å²) >= 11 is 0. The number of hydrogen-bond acceptors (Lipinski definition) is 3. The Hall–Kier alpha value is -1.87. The van der Waals surface area contributed by atoms with E-state index in [2.05, 4.69) is 22.4 Å². The highest BCUT2D eigenvalue weighted by atomic mass is 16.5. The third-order valence-corrected chi connectivity index (χ3v) is 3.32. The van der Waals surface area contributed by atoms with Gasteiger partial charge in [0, 0.05) is 25.1 Å². The van der Waals surface area contributed by atoms with E-state index >= 15 is 0 Å². The van der Waals surface area contributed by atoms with Gasteiger partial charge in [-0.3, -0.25) is 4.98 Å². The lowest BCUT2D eigenvalue weighted by atomic mass is 9.94. The van der Waals surface area contributed by atoms with Gasteiger partial charge >= 0.3 is 0 Å². The molecule has 0 bridgehead atoms. The number of likely N-dealkylation sites (N-methyl/N-ethyl adjacent to an activating group) is 1. The summed E-state index contributed by atoms with van der Waals surface area (Å²) in [6.45, 7) is 0.927. The molecule has 3 nitrogen and oxygen atoms in total. The van der Waals surface area contributed by atoms with E-state index in [9.17, 15) is 0 Å². The molecular formula is C15H16N2O. The Morgan fingerprint density at radius 2 is 2.06 bits per heavy atom. The second-order valence-corrected chi connectivity index (χ2v) is 4.55. The first-order chi connectivity index (χ1) is 8.88. The van der Waals surface area contributed by atoms with Gasteiger partial charge in [-0.05, 0) is 30.8 Å². The van der Waals surface area contributed by atoms with Crippen LogP contribution in [-0.2, 0) is 6.42 Å². The molecule has 1 aliphatic rings. The molecule has 0 unspecified atom stereocenters. The largest absolute Gasteiger partial charge is 0.455 e. The first kappa shape index (κ1) is 11.2. The zero-order valence-electron chi connectivity index (χ0n) is 10.4. The third kappa shape index (κ3) is 1.97. The molecule has 0 aliphatic carbocycles. The van der Waals surface area contributed by atoms with Crippen molar-refractivity contribution in [2.24, 2.45) is 0 Å². The quantitative estimate of drug-likeness (QED) is 0.876. The molecule has 0 amide bonds. The fourth-order valence-corrected chi connectivity index (χ4v) is 2.47. The van der Waals surface area contributed by atoms with Crippen LogP contribution < -0.4 is 10.1 Å². The van der Waals surface area contributed by atoms with Crippen LogP contribution >= 0.6 is 0 Å². The molecule has 1 aliphatic heterocycles. The fourth-order valence-electron chi connectivity index (χ4n) is 2.47. The van der Waals surface area contributed by atoms with Crippen LogP contribution in [0.5, 0.6) is 11.5 Å². The first-order valence-electron chi connectivity index (χ1n) is 6.24. The van der Waals surface area contributed by atoms with Crippen LogP contribution in [0.4, 0.5) is 0 Å². The molecule has 2 heterocycles. The van der Waals surface area contributed by atoms with Gasteiger partial charge in [0.1, 0.15) is 11.5 Å². The Kier molecular flexibility index (Phi) is 2.99. The van der Waals surface area contributed by atoms with Crippen LogP contribution in [0.15, 0.2) is 42.6 Å². The van der Waals surface area contributed by atoms with E-state index in [4.69, 9.17) is 4.74 Å². The maximum absolute atomic E-state index is 5.99. The minimum absolute atomic E-state index is 0.405. The minimum atomic E-state index is 0.405. The zero-order valence-corrected chi connectivity index (χ0v) is 10.4. The summed E-state index contributed by atoms with van der Waals surface area (Å²) in [5.41, 5.74) is 2.29. The number of benzene rings is 1. The van der Waals surface area contributed by atoms with Crippen LogP contribution in [0.1, 0.15) is 17.2 Å². The molecule has 0 radical (unpaired) electrons. The average molecular weight is 240 g/mol. The predicted octanol–water partition coefficient (Wildman–Crippen LogP) is 2.73. The van der Waals surface area contributed by atoms with Crippen molar-refractivity contribution in [1.82, 2.24) is 10.3 Å². The molecule has 1 aromatic carbocycles. The predicted molar refractivity (Wildman–Crippen MR) is 71.1 cm³/mol. The number of nitrogens with one attached hydrogen (secondary N) is 1. The SMILES string of the molecule is CNC[C@@H]1Cc2ncccc2Oc2ccccc21. The van der Waals surface area contributed by atoms with E-state index in [1.165, 1.54) is 5.56 Å². The number of ether oxygens (including phenoxy) is 1. The monoisotopic (exact) mass is 240 g/mol. The van der Waals surface area contributed by atoms with Gasteiger partial charge in [0.2, 0.25) is 0 Å². The lowest BCUT2D eigenvalue weighted by molar-refractivity contribution is 0.475. The smallest absolute Gasteiger partial charge is 0.148 e. The van der Waals surface area contributed by atoms with Crippen molar-refractivity contribution >= 4 is 0 Å². The van der Waals surface area contributed by atoms with E-state index in [0.717, 1.165) is 30.2 Å². The normalized spacial score (nSPS) is 17.3. The second-order valence-electron chi connectivity index (χ2n) is 4.55. The Labute approximate surface area is 107 Å². The van der Waals surface area contributed by atoms with Crippen molar-refractivity contribution < 1.29 is 4.74 Å². The molecule has 1 N–H and O–H groups in total. The summed E-state index contributed by atoms with van der Waals surface area (Å²) in [5, 5.41) is 3.25. The second kappa shape index (κ2) is 4.78. The zero-order chi connectivity index (χ0) is 12.4. The van der Waals surface area contributed by atoms with E-state index in [0.29, 0.717) is 5.92 Å². The Balaban J connectivity index is 2.08. The van der Waals surface area contributed by atoms with E-state index in [1.54, 1.807) is 0 Å². The van der Waals surface area contributed by atoms with Crippen LogP contribution in [0, 0.1) is 0 Å². The number of pyridine rings is 1. The maximum atomic E-state index is 5.99. The molecule has 18 heavy (non-hydrogen) atoms. The molecular weight excluding hydrogens is 224 g/mol. The molecule has 92 valence electrons. The summed E-state index contributed by atoms with van der Waals surface area (Å²) in [4.78, 5) is 4.44. The number of para-hydroxylation sites is 1. The van der Waals surface area contributed by atoms with Gasteiger partial charge in [-0.25, -0.2) is 0 Å². The molecule has 3 rings (SSSR count). The van der Waals surface area contributed by atoms with E-state index in [-0.39, 0.29) is 0 Å². The minimum Gasteiger partial charge on any atom is -0.455 e. The van der Waals surface area contributed by atoms with Crippen LogP contribution in [-0.4, -0.2) is 18.6 Å². The van der Waals surface area contributed by atoms with E-state index < -0.39 is 0 Å². The Morgan fingerprint density at radius 3 is 2.94 bits per heavy atom. The average Bonchev–Trinajstić information content (AvgIpc) is 2.56. The summed E-state index contributed by atoms with van der Waals surface area (Å²) in [7, 11) is 1.98. The lowest BCUT2D eigenvalue weighted by Gasteiger charge is -2.15. The van der Waals surface area contributed by atoms with Crippen molar-refractivity contribution in [2.45, 2.75) is 12.3 Å². The topological polar surface area (TPSA) is 34.2 Å². The van der Waals surface area contributed by atoms with Crippen molar-refractivity contribution in [3.63, 3.8) is 0 Å². The molecule has 2 aromatic rings. The van der Waals surface area contributed by atoms with Gasteiger partial charge in [-0.2, -0.15) is 0 Å². The molecule has 0 saturated heterocycles. The fraction of sp³-hybridized carbons (Fsp3) is 0.267. The summed E-state index contributed by atoms with van der Waals surface area (Å²) in [6.07, 6.45) is 2.74. The van der Waals surface area contributed by atoms with Crippen molar-refractivity contribution in [2.75, 3.05) is 13.6 Å². The number of aromatic nitrogens is 1. The lowest BCUT2D eigenvalue weighted by Crippen LogP contribution is -2.18. The van der Waals surface area contributed by atoms with Gasteiger partial charge in [-0.15, -0.1) is 0 Å². The van der Waals surface area contributed by atoms with Crippen LogP contribution in [0.25, 0.3) is 0 Å². The first-order valence-corrected chi connectivity index (χ1v) is 6.24. The summed E-state index contributed by atoms with van der Waals surface area (Å²) in [6, 6.07) is 12.1. The molecule has 0 saturated carbocycles. The molecule has 0 spiro atoms. The number of hydrogen-bond donors (Lipinski definition) is 1. The summed E-state index contributed by atoms with van der Waals surface area (Å²) in [5.74, 6) is 2.23. The van der Waals surface area contributed by atoms with Crippen LogP contribution in [0.2, 0.25) is 0 Å². The van der Waals surface area contributed by atoms with Gasteiger partial charge in [0.25, 0.3) is 0 Å². The molecule has 1 aromatic heterocycles. The highest BCUT2D eigenvalue weighted by Gasteiger charge is 2.23. The number of nitrogens with zero attached hydrogens (tertiary/aromatic N) is 1. The highest BCUT2D eigenvalue weighted by molar-refractivity contribution is 5.45. The Morgan fingerprint density at radius 1 is 1.22 bits per heavy atom. The van der Waals surface area contributed by atoms with Crippen molar-refractivity contribution in [3.05, 3.63) is 53.9 Å². The van der Waals surface area contributed by atoms with Gasteiger partial charge in [0.15, 0.2) is 0 Å². The molecule has 0 fully saturated rings. The van der Waals surface area contributed by atoms with E-state index in [1.807, 2.05) is 37.5 Å². The van der Waals surface area contributed by atoms with Gasteiger partial charge < -0.3 is 10.1 Å². The summed E-state index contributed by atoms with van der Waals surface area (Å²) < 4.78 is 5.99. The Bertz CT molecular complexity index is 554. The van der Waals surface area contributed by atoms with Gasteiger partial charge in [0.05, 0.1) is 5.69 Å². The van der Waals surface area contributed by atoms with Gasteiger partial charge in [-0.1, -0.05) is 18.2 Å².